The predicted molar refractivity (Wildman–Crippen MR) is 77.7 cm³/mol. The Hall–Kier alpha value is -1.01. The fourth-order valence-electron chi connectivity index (χ4n) is 2.21. The largest absolute Gasteiger partial charge is 0.412 e. The van der Waals surface area contributed by atoms with E-state index in [9.17, 15) is 13.2 Å². The van der Waals surface area contributed by atoms with Crippen LogP contribution in [0.1, 0.15) is 24.9 Å². The van der Waals surface area contributed by atoms with Gasteiger partial charge in [-0.05, 0) is 47.0 Å². The van der Waals surface area contributed by atoms with Crippen LogP contribution in [0.15, 0.2) is 34.3 Å². The van der Waals surface area contributed by atoms with Gasteiger partial charge in [-0.25, -0.2) is 0 Å². The lowest BCUT2D eigenvalue weighted by atomic mass is 10.1. The first-order chi connectivity index (χ1) is 9.29. The summed E-state index contributed by atoms with van der Waals surface area (Å²) in [5, 5.41) is 0. The van der Waals surface area contributed by atoms with Gasteiger partial charge in [-0.3, -0.25) is 0 Å². The van der Waals surface area contributed by atoms with Crippen molar-refractivity contribution in [3.05, 3.63) is 39.9 Å². The van der Waals surface area contributed by atoms with Gasteiger partial charge in [0.05, 0.1) is 5.69 Å². The highest BCUT2D eigenvalue weighted by Crippen LogP contribution is 2.34. The molecule has 0 unspecified atom stereocenters. The molecule has 1 aliphatic heterocycles. The number of hydrogen-bond acceptors (Lipinski definition) is 2. The van der Waals surface area contributed by atoms with E-state index in [0.29, 0.717) is 6.54 Å². The van der Waals surface area contributed by atoms with Crippen LogP contribution in [-0.2, 0) is 0 Å². The number of nitrogens with two attached hydrogens (primary N) is 1. The molecule has 1 atom stereocenters. The first-order valence-corrected chi connectivity index (χ1v) is 7.14. The van der Waals surface area contributed by atoms with E-state index < -0.39 is 11.7 Å². The minimum atomic E-state index is -4.21. The van der Waals surface area contributed by atoms with E-state index in [1.807, 2.05) is 30.0 Å². The zero-order valence-corrected chi connectivity index (χ0v) is 12.6. The summed E-state index contributed by atoms with van der Waals surface area (Å²) < 4.78 is 38.6. The van der Waals surface area contributed by atoms with Gasteiger partial charge in [0.15, 0.2) is 0 Å². The molecule has 1 heterocycles. The number of benzene rings is 1. The van der Waals surface area contributed by atoms with E-state index in [2.05, 4.69) is 15.9 Å². The van der Waals surface area contributed by atoms with Crippen molar-refractivity contribution < 1.29 is 13.2 Å². The summed E-state index contributed by atoms with van der Waals surface area (Å²) in [4.78, 5) is 1.92. The van der Waals surface area contributed by atoms with Crippen LogP contribution in [0.5, 0.6) is 0 Å². The van der Waals surface area contributed by atoms with Crippen molar-refractivity contribution in [3.8, 4) is 0 Å². The summed E-state index contributed by atoms with van der Waals surface area (Å²) in [5.41, 5.74) is 7.26. The Labute approximate surface area is 124 Å². The fourth-order valence-corrected chi connectivity index (χ4v) is 2.86. The van der Waals surface area contributed by atoms with Crippen LogP contribution in [0.4, 0.5) is 18.9 Å². The third-order valence-electron chi connectivity index (χ3n) is 3.41. The second-order valence-corrected chi connectivity index (χ2v) is 5.78. The van der Waals surface area contributed by atoms with Gasteiger partial charge in [0.25, 0.3) is 0 Å². The van der Waals surface area contributed by atoms with Crippen molar-refractivity contribution in [1.29, 1.82) is 0 Å². The van der Waals surface area contributed by atoms with Crippen LogP contribution in [0, 0.1) is 0 Å². The minimum absolute atomic E-state index is 0.0188. The predicted octanol–water partition coefficient (Wildman–Crippen LogP) is 4.17. The topological polar surface area (TPSA) is 29.3 Å². The Kier molecular flexibility index (Phi) is 4.44. The lowest BCUT2D eigenvalue weighted by Crippen LogP contribution is -2.32. The van der Waals surface area contributed by atoms with Gasteiger partial charge in [-0.15, -0.1) is 0 Å². The molecule has 1 aliphatic rings. The summed E-state index contributed by atoms with van der Waals surface area (Å²) in [6.07, 6.45) is -2.93. The molecule has 2 N–H and O–H groups in total. The summed E-state index contributed by atoms with van der Waals surface area (Å²) in [6, 6.07) is 5.66. The van der Waals surface area contributed by atoms with Gasteiger partial charge in [0, 0.05) is 29.2 Å². The molecule has 0 amide bonds. The van der Waals surface area contributed by atoms with Crippen molar-refractivity contribution in [2.75, 3.05) is 18.0 Å². The number of alkyl halides is 3. The Bertz CT molecular complexity index is 524. The lowest BCUT2D eigenvalue weighted by Gasteiger charge is -2.30. The standard InChI is InChI=1S/C14H16BrF3N2/c1-9(19)10-2-3-13(12(15)8-10)20-6-4-11(5-7-20)14(16,17)18/h2-4,8-9H,5-7,19H2,1H3/t9-/m1/s1. The van der Waals surface area contributed by atoms with Crippen LogP contribution in [0.2, 0.25) is 0 Å². The molecule has 2 nitrogen and oxygen atoms in total. The lowest BCUT2D eigenvalue weighted by molar-refractivity contribution is -0.0943. The summed E-state index contributed by atoms with van der Waals surface area (Å²) in [6.45, 7) is 2.52. The van der Waals surface area contributed by atoms with Gasteiger partial charge < -0.3 is 10.6 Å². The highest BCUT2D eigenvalue weighted by molar-refractivity contribution is 9.10. The maximum Gasteiger partial charge on any atom is 0.412 e. The third kappa shape index (κ3) is 3.35. The van der Waals surface area contributed by atoms with E-state index in [1.165, 1.54) is 6.08 Å². The Morgan fingerprint density at radius 3 is 2.50 bits per heavy atom. The molecule has 1 aromatic rings. The molecule has 0 saturated carbocycles. The Morgan fingerprint density at radius 1 is 1.35 bits per heavy atom. The van der Waals surface area contributed by atoms with Crippen molar-refractivity contribution in [3.63, 3.8) is 0 Å². The number of halogens is 4. The number of anilines is 1. The molecule has 0 radical (unpaired) electrons. The molecule has 20 heavy (non-hydrogen) atoms. The SMILES string of the molecule is C[C@@H](N)c1ccc(N2CC=C(C(F)(F)F)CC2)c(Br)c1. The van der Waals surface area contributed by atoms with Crippen molar-refractivity contribution >= 4 is 21.6 Å². The monoisotopic (exact) mass is 348 g/mol. The molecule has 0 saturated heterocycles. The maximum absolute atomic E-state index is 12.6. The van der Waals surface area contributed by atoms with E-state index in [0.717, 1.165) is 15.7 Å². The first-order valence-electron chi connectivity index (χ1n) is 6.35. The average molecular weight is 349 g/mol. The molecule has 1 aromatic carbocycles. The number of hydrogen-bond donors (Lipinski definition) is 1. The molecule has 0 aliphatic carbocycles. The molecule has 110 valence electrons. The second-order valence-electron chi connectivity index (χ2n) is 4.92. The van der Waals surface area contributed by atoms with Gasteiger partial charge in [-0.2, -0.15) is 13.2 Å². The van der Waals surface area contributed by atoms with Gasteiger partial charge in [0.1, 0.15) is 0 Å². The van der Waals surface area contributed by atoms with E-state index >= 15 is 0 Å². The quantitative estimate of drug-likeness (QED) is 0.812. The Morgan fingerprint density at radius 2 is 2.05 bits per heavy atom. The summed E-state index contributed by atoms with van der Waals surface area (Å²) >= 11 is 3.47. The van der Waals surface area contributed by atoms with Crippen molar-refractivity contribution in [2.24, 2.45) is 5.73 Å². The van der Waals surface area contributed by atoms with Gasteiger partial charge >= 0.3 is 6.18 Å². The molecule has 2 rings (SSSR count). The van der Waals surface area contributed by atoms with Crippen LogP contribution in [0.3, 0.4) is 0 Å². The highest BCUT2D eigenvalue weighted by atomic mass is 79.9. The van der Waals surface area contributed by atoms with E-state index in [4.69, 9.17) is 5.73 Å². The van der Waals surface area contributed by atoms with E-state index in [1.54, 1.807) is 0 Å². The number of nitrogens with zero attached hydrogens (tertiary/aromatic N) is 1. The van der Waals surface area contributed by atoms with Gasteiger partial charge in [-0.1, -0.05) is 12.1 Å². The summed E-state index contributed by atoms with van der Waals surface area (Å²) in [7, 11) is 0. The zero-order chi connectivity index (χ0) is 14.9. The van der Waals surface area contributed by atoms with Crippen LogP contribution < -0.4 is 10.6 Å². The first kappa shape index (κ1) is 15.4. The van der Waals surface area contributed by atoms with Crippen molar-refractivity contribution in [1.82, 2.24) is 0 Å². The van der Waals surface area contributed by atoms with Crippen LogP contribution in [0.25, 0.3) is 0 Å². The van der Waals surface area contributed by atoms with E-state index in [-0.39, 0.29) is 19.0 Å². The second kappa shape index (κ2) is 5.77. The molecule has 6 heteroatoms. The summed E-state index contributed by atoms with van der Waals surface area (Å²) in [5.74, 6) is 0. The van der Waals surface area contributed by atoms with Gasteiger partial charge in [0.2, 0.25) is 0 Å². The molecular formula is C14H16BrF3N2. The molecule has 0 fully saturated rings. The molecular weight excluding hydrogens is 333 g/mol. The van der Waals surface area contributed by atoms with Crippen LogP contribution in [-0.4, -0.2) is 19.3 Å². The fraction of sp³-hybridized carbons (Fsp3) is 0.429. The normalized spacial score (nSPS) is 17.9. The highest BCUT2D eigenvalue weighted by Gasteiger charge is 2.34. The Balaban J connectivity index is 2.17. The smallest absolute Gasteiger partial charge is 0.367 e. The van der Waals surface area contributed by atoms with Crippen LogP contribution >= 0.6 is 15.9 Å². The number of rotatable bonds is 2. The average Bonchev–Trinajstić information content (AvgIpc) is 2.37. The van der Waals surface area contributed by atoms with Crippen molar-refractivity contribution in [2.45, 2.75) is 25.6 Å². The molecule has 0 bridgehead atoms. The maximum atomic E-state index is 12.6. The minimum Gasteiger partial charge on any atom is -0.367 e. The third-order valence-corrected chi connectivity index (χ3v) is 4.05. The zero-order valence-electron chi connectivity index (χ0n) is 11.0. The molecule has 0 aromatic heterocycles. The molecule has 0 spiro atoms.